The standard InChI is InChI=1S/C13H22N4O3S/c1-4-5-17-12(19)14-15-13(17)21-8-11(18)16-6-9(2)20-10(3)7-16/h9-10H,4-8H2,1-3H3,(H,14,19)/t9-,10-/m0/s1. The third-order valence-corrected chi connectivity index (χ3v) is 4.23. The molecule has 8 heteroatoms. The minimum atomic E-state index is -0.222. The zero-order chi connectivity index (χ0) is 15.4. The van der Waals surface area contributed by atoms with Crippen molar-refractivity contribution in [1.29, 1.82) is 0 Å². The molecular weight excluding hydrogens is 292 g/mol. The number of carbonyl (C=O) groups is 1. The van der Waals surface area contributed by atoms with Crippen molar-refractivity contribution in [2.45, 2.75) is 51.1 Å². The van der Waals surface area contributed by atoms with E-state index in [0.29, 0.717) is 24.8 Å². The Morgan fingerprint density at radius 3 is 2.71 bits per heavy atom. The molecule has 1 saturated heterocycles. The van der Waals surface area contributed by atoms with E-state index in [9.17, 15) is 9.59 Å². The van der Waals surface area contributed by atoms with Gasteiger partial charge in [0, 0.05) is 19.6 Å². The number of rotatable bonds is 5. The molecular formula is C13H22N4O3S. The number of morpholine rings is 1. The molecule has 0 spiro atoms. The van der Waals surface area contributed by atoms with Gasteiger partial charge in [-0.2, -0.15) is 0 Å². The Balaban J connectivity index is 1.93. The Morgan fingerprint density at radius 1 is 1.43 bits per heavy atom. The minimum Gasteiger partial charge on any atom is -0.372 e. The van der Waals surface area contributed by atoms with E-state index in [1.54, 1.807) is 4.57 Å². The van der Waals surface area contributed by atoms with Crippen LogP contribution in [-0.4, -0.2) is 56.6 Å². The van der Waals surface area contributed by atoms with Crippen LogP contribution in [0.25, 0.3) is 0 Å². The molecule has 1 fully saturated rings. The number of nitrogens with zero attached hydrogens (tertiary/aromatic N) is 3. The Bertz CT molecular complexity index is 532. The molecule has 0 unspecified atom stereocenters. The monoisotopic (exact) mass is 314 g/mol. The summed E-state index contributed by atoms with van der Waals surface area (Å²) in [4.78, 5) is 25.7. The summed E-state index contributed by atoms with van der Waals surface area (Å²) in [5.74, 6) is 0.341. The van der Waals surface area contributed by atoms with Crippen LogP contribution in [-0.2, 0) is 16.1 Å². The van der Waals surface area contributed by atoms with Crippen LogP contribution < -0.4 is 5.69 Å². The van der Waals surface area contributed by atoms with E-state index in [4.69, 9.17) is 4.74 Å². The molecule has 1 aromatic rings. The first kappa shape index (κ1) is 16.1. The lowest BCUT2D eigenvalue weighted by molar-refractivity contribution is -0.140. The number of hydrogen-bond donors (Lipinski definition) is 1. The highest BCUT2D eigenvalue weighted by molar-refractivity contribution is 7.99. The number of carbonyl (C=O) groups excluding carboxylic acids is 1. The van der Waals surface area contributed by atoms with Gasteiger partial charge in [0.1, 0.15) is 0 Å². The molecule has 1 amide bonds. The molecule has 0 saturated carbocycles. The van der Waals surface area contributed by atoms with Crippen LogP contribution in [0, 0.1) is 0 Å². The van der Waals surface area contributed by atoms with Crippen molar-refractivity contribution in [3.05, 3.63) is 10.5 Å². The molecule has 7 nitrogen and oxygen atoms in total. The Labute approximate surface area is 128 Å². The molecule has 2 rings (SSSR count). The van der Waals surface area contributed by atoms with Crippen LogP contribution in [0.3, 0.4) is 0 Å². The fourth-order valence-electron chi connectivity index (χ4n) is 2.43. The molecule has 1 aromatic heterocycles. The van der Waals surface area contributed by atoms with Crippen LogP contribution >= 0.6 is 11.8 Å². The first-order valence-corrected chi connectivity index (χ1v) is 8.21. The van der Waals surface area contributed by atoms with Crippen LogP contribution in [0.4, 0.5) is 0 Å². The molecule has 0 bridgehead atoms. The molecule has 21 heavy (non-hydrogen) atoms. The van der Waals surface area contributed by atoms with Gasteiger partial charge in [0.15, 0.2) is 5.16 Å². The normalized spacial score (nSPS) is 22.5. The van der Waals surface area contributed by atoms with Gasteiger partial charge >= 0.3 is 5.69 Å². The summed E-state index contributed by atoms with van der Waals surface area (Å²) >= 11 is 1.30. The molecule has 0 aliphatic carbocycles. The molecule has 2 atom stereocenters. The van der Waals surface area contributed by atoms with Crippen LogP contribution in [0.1, 0.15) is 27.2 Å². The second kappa shape index (κ2) is 7.13. The number of ether oxygens (including phenoxy) is 1. The summed E-state index contributed by atoms with van der Waals surface area (Å²) in [6.07, 6.45) is 0.970. The maximum absolute atomic E-state index is 12.3. The van der Waals surface area contributed by atoms with Gasteiger partial charge in [0.25, 0.3) is 0 Å². The number of amides is 1. The second-order valence-electron chi connectivity index (χ2n) is 5.31. The highest BCUT2D eigenvalue weighted by atomic mass is 32.2. The lowest BCUT2D eigenvalue weighted by Gasteiger charge is -2.35. The molecule has 2 heterocycles. The molecule has 1 aliphatic heterocycles. The smallest absolute Gasteiger partial charge is 0.343 e. The maximum Gasteiger partial charge on any atom is 0.343 e. The van der Waals surface area contributed by atoms with E-state index in [1.165, 1.54) is 11.8 Å². The largest absolute Gasteiger partial charge is 0.372 e. The summed E-state index contributed by atoms with van der Waals surface area (Å²) in [5.41, 5.74) is -0.222. The van der Waals surface area contributed by atoms with Gasteiger partial charge in [0.05, 0.1) is 18.0 Å². The highest BCUT2D eigenvalue weighted by Crippen LogP contribution is 2.17. The summed E-state index contributed by atoms with van der Waals surface area (Å²) in [6.45, 7) is 7.77. The maximum atomic E-state index is 12.3. The Kier molecular flexibility index (Phi) is 5.46. The zero-order valence-electron chi connectivity index (χ0n) is 12.7. The Morgan fingerprint density at radius 2 is 2.10 bits per heavy atom. The summed E-state index contributed by atoms with van der Waals surface area (Å²) in [6, 6.07) is 0. The lowest BCUT2D eigenvalue weighted by atomic mass is 10.2. The quantitative estimate of drug-likeness (QED) is 0.810. The molecule has 0 radical (unpaired) electrons. The van der Waals surface area contributed by atoms with Gasteiger partial charge in [-0.1, -0.05) is 18.7 Å². The van der Waals surface area contributed by atoms with Gasteiger partial charge in [-0.05, 0) is 20.3 Å². The van der Waals surface area contributed by atoms with Crippen LogP contribution in [0.2, 0.25) is 0 Å². The van der Waals surface area contributed by atoms with Crippen LogP contribution in [0.15, 0.2) is 9.95 Å². The number of aromatic nitrogens is 3. The first-order chi connectivity index (χ1) is 10.0. The van der Waals surface area contributed by atoms with Crippen LogP contribution in [0.5, 0.6) is 0 Å². The van der Waals surface area contributed by atoms with Gasteiger partial charge in [-0.3, -0.25) is 9.36 Å². The molecule has 0 aromatic carbocycles. The molecule has 1 N–H and O–H groups in total. The second-order valence-corrected chi connectivity index (χ2v) is 6.25. The van der Waals surface area contributed by atoms with Crippen molar-refractivity contribution in [1.82, 2.24) is 19.7 Å². The SMILES string of the molecule is CCCn1c(SCC(=O)N2C[C@H](C)O[C@@H](C)C2)n[nH]c1=O. The fourth-order valence-corrected chi connectivity index (χ4v) is 3.31. The minimum absolute atomic E-state index is 0.0560. The van der Waals surface area contributed by atoms with E-state index in [0.717, 1.165) is 6.42 Å². The van der Waals surface area contributed by atoms with Gasteiger partial charge < -0.3 is 9.64 Å². The van der Waals surface area contributed by atoms with E-state index in [1.807, 2.05) is 25.7 Å². The number of thioether (sulfide) groups is 1. The van der Waals surface area contributed by atoms with E-state index >= 15 is 0 Å². The molecule has 1 aliphatic rings. The van der Waals surface area contributed by atoms with Crippen molar-refractivity contribution < 1.29 is 9.53 Å². The number of hydrogen-bond acceptors (Lipinski definition) is 5. The zero-order valence-corrected chi connectivity index (χ0v) is 13.5. The van der Waals surface area contributed by atoms with Crippen molar-refractivity contribution in [2.24, 2.45) is 0 Å². The van der Waals surface area contributed by atoms with E-state index in [2.05, 4.69) is 10.2 Å². The predicted octanol–water partition coefficient (Wildman–Crippen LogP) is 0.709. The third kappa shape index (κ3) is 4.10. The summed E-state index contributed by atoms with van der Waals surface area (Å²) in [5, 5.41) is 6.98. The predicted molar refractivity (Wildman–Crippen MR) is 80.5 cm³/mol. The highest BCUT2D eigenvalue weighted by Gasteiger charge is 2.26. The van der Waals surface area contributed by atoms with E-state index in [-0.39, 0.29) is 29.6 Å². The molecule has 118 valence electrons. The number of aromatic amines is 1. The first-order valence-electron chi connectivity index (χ1n) is 7.22. The number of nitrogens with one attached hydrogen (secondary N) is 1. The van der Waals surface area contributed by atoms with E-state index < -0.39 is 0 Å². The fraction of sp³-hybridized carbons (Fsp3) is 0.769. The Hall–Kier alpha value is -1.28. The average molecular weight is 314 g/mol. The topological polar surface area (TPSA) is 80.2 Å². The van der Waals surface area contributed by atoms with Crippen molar-refractivity contribution >= 4 is 17.7 Å². The summed E-state index contributed by atoms with van der Waals surface area (Å²) in [7, 11) is 0. The van der Waals surface area contributed by atoms with Gasteiger partial charge in [-0.25, -0.2) is 9.89 Å². The van der Waals surface area contributed by atoms with Gasteiger partial charge in [0.2, 0.25) is 5.91 Å². The van der Waals surface area contributed by atoms with Gasteiger partial charge in [-0.15, -0.1) is 5.10 Å². The summed E-state index contributed by atoms with van der Waals surface area (Å²) < 4.78 is 7.19. The van der Waals surface area contributed by atoms with Crippen molar-refractivity contribution in [3.63, 3.8) is 0 Å². The third-order valence-electron chi connectivity index (χ3n) is 3.27. The van der Waals surface area contributed by atoms with Crippen molar-refractivity contribution in [3.8, 4) is 0 Å². The van der Waals surface area contributed by atoms with Crippen molar-refractivity contribution in [2.75, 3.05) is 18.8 Å². The average Bonchev–Trinajstić information content (AvgIpc) is 2.77. The lowest BCUT2D eigenvalue weighted by Crippen LogP contribution is -2.48. The number of H-pyrrole nitrogens is 1.